The van der Waals surface area contributed by atoms with Crippen LogP contribution in [-0.4, -0.2) is 49.4 Å². The van der Waals surface area contributed by atoms with Crippen molar-refractivity contribution < 1.29 is 24.6 Å². The van der Waals surface area contributed by atoms with E-state index in [2.05, 4.69) is 20.5 Å². The summed E-state index contributed by atoms with van der Waals surface area (Å²) in [5.41, 5.74) is 0. The number of anilines is 1. The summed E-state index contributed by atoms with van der Waals surface area (Å²) in [6.07, 6.45) is 1.82. The van der Waals surface area contributed by atoms with Crippen LogP contribution in [0.25, 0.3) is 0 Å². The third-order valence-corrected chi connectivity index (χ3v) is 1.69. The first-order chi connectivity index (χ1) is 8.49. The summed E-state index contributed by atoms with van der Waals surface area (Å²) in [5, 5.41) is 28.1. The molecule has 0 aromatic carbocycles. The molecule has 0 fully saturated rings. The van der Waals surface area contributed by atoms with Crippen LogP contribution in [0.15, 0.2) is 12.4 Å². The minimum atomic E-state index is -1.54. The monoisotopic (exact) mass is 255 g/mol. The molecule has 1 aromatic heterocycles. The van der Waals surface area contributed by atoms with Gasteiger partial charge in [-0.3, -0.25) is 10.1 Å². The smallest absolute Gasteiger partial charge is 0.326 e. The number of nitrogens with one attached hydrogen (secondary N) is 2. The van der Waals surface area contributed by atoms with E-state index in [4.69, 9.17) is 10.2 Å². The van der Waals surface area contributed by atoms with Crippen LogP contribution in [0.4, 0.5) is 10.7 Å². The fraction of sp³-hybridized carbons (Fsp3) is 0.250. The predicted octanol–water partition coefficient (Wildman–Crippen LogP) is -1.08. The Bertz CT molecular complexity index is 450. The molecule has 10 heteroatoms. The molecular formula is C8H9N5O5. The van der Waals surface area contributed by atoms with Gasteiger partial charge >= 0.3 is 18.0 Å². The summed E-state index contributed by atoms with van der Waals surface area (Å²) in [6, 6.07) is -2.48. The number of hydrogen-bond acceptors (Lipinski definition) is 6. The van der Waals surface area contributed by atoms with Gasteiger partial charge in [0.1, 0.15) is 6.04 Å². The van der Waals surface area contributed by atoms with Crippen LogP contribution in [0.3, 0.4) is 0 Å². The molecule has 1 aromatic rings. The average molecular weight is 255 g/mol. The lowest BCUT2D eigenvalue weighted by atomic mass is 10.2. The summed E-state index contributed by atoms with van der Waals surface area (Å²) in [6.45, 7) is 0. The van der Waals surface area contributed by atoms with Gasteiger partial charge in [0.05, 0.1) is 18.8 Å². The van der Waals surface area contributed by atoms with Gasteiger partial charge in [0.15, 0.2) is 0 Å². The highest BCUT2D eigenvalue weighted by Crippen LogP contribution is 1.96. The molecule has 96 valence electrons. The van der Waals surface area contributed by atoms with Crippen molar-refractivity contribution in [1.82, 2.24) is 20.5 Å². The summed E-state index contributed by atoms with van der Waals surface area (Å²) in [7, 11) is 0. The fourth-order valence-electron chi connectivity index (χ4n) is 0.975. The minimum absolute atomic E-state index is 0.130. The number of aliphatic carboxylic acids is 2. The third kappa shape index (κ3) is 4.38. The highest BCUT2D eigenvalue weighted by molar-refractivity contribution is 5.92. The van der Waals surface area contributed by atoms with Crippen molar-refractivity contribution in [1.29, 1.82) is 0 Å². The lowest BCUT2D eigenvalue weighted by Crippen LogP contribution is -2.44. The number of carbonyl (C=O) groups is 3. The van der Waals surface area contributed by atoms with Gasteiger partial charge in [-0.1, -0.05) is 0 Å². The zero-order chi connectivity index (χ0) is 13.5. The maximum atomic E-state index is 11.3. The van der Waals surface area contributed by atoms with Crippen LogP contribution in [-0.2, 0) is 9.59 Å². The molecule has 0 saturated heterocycles. The molecule has 2 amide bonds. The zero-order valence-corrected chi connectivity index (χ0v) is 8.90. The summed E-state index contributed by atoms with van der Waals surface area (Å²) in [4.78, 5) is 36.0. The van der Waals surface area contributed by atoms with E-state index in [9.17, 15) is 14.4 Å². The molecule has 0 saturated carbocycles. The molecule has 0 aliphatic carbocycles. The topological polar surface area (TPSA) is 154 Å². The van der Waals surface area contributed by atoms with Crippen molar-refractivity contribution in [3.8, 4) is 0 Å². The number of carboxylic acids is 2. The second kappa shape index (κ2) is 6.08. The Morgan fingerprint density at radius 2 is 2.00 bits per heavy atom. The average Bonchev–Trinajstić information content (AvgIpc) is 2.28. The van der Waals surface area contributed by atoms with Crippen molar-refractivity contribution in [3.05, 3.63) is 12.4 Å². The van der Waals surface area contributed by atoms with Gasteiger partial charge in [-0.05, 0) is 0 Å². The maximum absolute atomic E-state index is 11.3. The molecule has 4 N–H and O–H groups in total. The largest absolute Gasteiger partial charge is 0.481 e. The van der Waals surface area contributed by atoms with Crippen LogP contribution >= 0.6 is 0 Å². The second-order valence-electron chi connectivity index (χ2n) is 3.05. The van der Waals surface area contributed by atoms with Crippen LogP contribution < -0.4 is 10.6 Å². The molecule has 18 heavy (non-hydrogen) atoms. The van der Waals surface area contributed by atoms with Gasteiger partial charge in [0.2, 0.25) is 0 Å². The van der Waals surface area contributed by atoms with Gasteiger partial charge in [-0.25, -0.2) is 14.6 Å². The highest BCUT2D eigenvalue weighted by atomic mass is 16.4. The van der Waals surface area contributed by atoms with E-state index >= 15 is 0 Å². The Morgan fingerprint density at radius 1 is 1.28 bits per heavy atom. The maximum Gasteiger partial charge on any atom is 0.326 e. The molecule has 1 atom stereocenters. The van der Waals surface area contributed by atoms with Crippen molar-refractivity contribution in [2.75, 3.05) is 5.32 Å². The van der Waals surface area contributed by atoms with Crippen LogP contribution in [0.5, 0.6) is 0 Å². The van der Waals surface area contributed by atoms with Crippen molar-refractivity contribution in [2.24, 2.45) is 0 Å². The first-order valence-corrected chi connectivity index (χ1v) is 4.65. The number of carbonyl (C=O) groups excluding carboxylic acids is 1. The van der Waals surface area contributed by atoms with Crippen LogP contribution in [0.2, 0.25) is 0 Å². The Morgan fingerprint density at radius 3 is 2.50 bits per heavy atom. The number of hydrogen-bond donors (Lipinski definition) is 4. The van der Waals surface area contributed by atoms with E-state index < -0.39 is 30.4 Å². The van der Waals surface area contributed by atoms with Gasteiger partial charge in [-0.2, -0.15) is 5.10 Å². The fourth-order valence-corrected chi connectivity index (χ4v) is 0.975. The standard InChI is InChI=1S/C8H9N5O5/c14-5(15)3-4(6(16)17)11-8(18)12-7-9-1-2-10-13-7/h1-2,4H,3H2,(H,14,15)(H,16,17)(H2,9,11,12,13,18)/t4-/m1/s1. The van der Waals surface area contributed by atoms with E-state index in [0.29, 0.717) is 0 Å². The Labute approximate surface area is 100 Å². The lowest BCUT2D eigenvalue weighted by Gasteiger charge is -2.12. The van der Waals surface area contributed by atoms with E-state index in [1.807, 2.05) is 5.32 Å². The van der Waals surface area contributed by atoms with Crippen molar-refractivity contribution in [2.45, 2.75) is 12.5 Å². The molecule has 0 aliphatic heterocycles. The van der Waals surface area contributed by atoms with Gasteiger partial charge in [0.25, 0.3) is 5.95 Å². The quantitative estimate of drug-likeness (QED) is 0.517. The number of amides is 2. The van der Waals surface area contributed by atoms with E-state index in [0.717, 1.165) is 0 Å². The predicted molar refractivity (Wildman–Crippen MR) is 55.7 cm³/mol. The van der Waals surface area contributed by atoms with Gasteiger partial charge < -0.3 is 15.5 Å². The van der Waals surface area contributed by atoms with Crippen molar-refractivity contribution >= 4 is 23.9 Å². The SMILES string of the molecule is O=C(O)C[C@@H](NC(=O)Nc1nccnn1)C(=O)O. The van der Waals surface area contributed by atoms with Crippen LogP contribution in [0, 0.1) is 0 Å². The molecule has 0 aliphatic rings. The van der Waals surface area contributed by atoms with Gasteiger partial charge in [0, 0.05) is 0 Å². The minimum Gasteiger partial charge on any atom is -0.481 e. The van der Waals surface area contributed by atoms with Crippen molar-refractivity contribution in [3.63, 3.8) is 0 Å². The highest BCUT2D eigenvalue weighted by Gasteiger charge is 2.23. The van der Waals surface area contributed by atoms with Crippen LogP contribution in [0.1, 0.15) is 6.42 Å². The first-order valence-electron chi connectivity index (χ1n) is 4.65. The Hall–Kier alpha value is -2.78. The molecule has 0 radical (unpaired) electrons. The van der Waals surface area contributed by atoms with E-state index in [-0.39, 0.29) is 5.95 Å². The molecule has 10 nitrogen and oxygen atoms in total. The number of carboxylic acid groups (broad SMARTS) is 2. The lowest BCUT2D eigenvalue weighted by molar-refractivity contribution is -0.145. The normalized spacial score (nSPS) is 11.3. The van der Waals surface area contributed by atoms with Gasteiger partial charge in [-0.15, -0.1) is 5.10 Å². The first kappa shape index (κ1) is 13.3. The number of rotatable bonds is 5. The zero-order valence-electron chi connectivity index (χ0n) is 8.90. The third-order valence-electron chi connectivity index (χ3n) is 1.69. The van der Waals surface area contributed by atoms with E-state index in [1.54, 1.807) is 0 Å². The second-order valence-corrected chi connectivity index (χ2v) is 3.05. The Kier molecular flexibility index (Phi) is 4.49. The molecule has 1 heterocycles. The molecule has 0 bridgehead atoms. The molecule has 1 rings (SSSR count). The molecular weight excluding hydrogens is 246 g/mol. The molecule has 0 unspecified atom stereocenters. The number of aromatic nitrogens is 3. The number of urea groups is 1. The molecule has 0 spiro atoms. The summed E-state index contributed by atoms with van der Waals surface area (Å²) >= 11 is 0. The Balaban J connectivity index is 2.56. The summed E-state index contributed by atoms with van der Waals surface area (Å²) in [5.74, 6) is -2.94. The van der Waals surface area contributed by atoms with E-state index in [1.165, 1.54) is 12.4 Å². The number of nitrogens with zero attached hydrogens (tertiary/aromatic N) is 3. The summed E-state index contributed by atoms with van der Waals surface area (Å²) < 4.78 is 0.